The highest BCUT2D eigenvalue weighted by Gasteiger charge is 2.32. The number of hydrogen-bond donors (Lipinski definition) is 1. The van der Waals surface area contributed by atoms with E-state index in [1.54, 1.807) is 17.7 Å². The van der Waals surface area contributed by atoms with Gasteiger partial charge in [0.15, 0.2) is 0 Å². The third-order valence-electron chi connectivity index (χ3n) is 6.40. The number of hydrogen-bond acceptors (Lipinski definition) is 7. The summed E-state index contributed by atoms with van der Waals surface area (Å²) in [7, 11) is 0. The van der Waals surface area contributed by atoms with Gasteiger partial charge >= 0.3 is 0 Å². The van der Waals surface area contributed by atoms with Gasteiger partial charge in [-0.2, -0.15) is 0 Å². The van der Waals surface area contributed by atoms with E-state index in [4.69, 9.17) is 9.47 Å². The number of aliphatic hydroxyl groups excluding tert-OH is 1. The van der Waals surface area contributed by atoms with Crippen molar-refractivity contribution in [1.29, 1.82) is 0 Å². The second kappa shape index (κ2) is 7.62. The van der Waals surface area contributed by atoms with Gasteiger partial charge in [0.25, 0.3) is 0 Å². The Bertz CT molecular complexity index is 797. The van der Waals surface area contributed by atoms with Crippen LogP contribution in [0, 0.1) is 0 Å². The fourth-order valence-corrected chi connectivity index (χ4v) is 6.17. The normalized spacial score (nSPS) is 29.1. The van der Waals surface area contributed by atoms with Crippen molar-refractivity contribution in [3.63, 3.8) is 0 Å². The molecule has 1 saturated carbocycles. The van der Waals surface area contributed by atoms with Crippen molar-refractivity contribution in [1.82, 2.24) is 14.9 Å². The van der Waals surface area contributed by atoms with E-state index in [9.17, 15) is 5.11 Å². The third kappa shape index (κ3) is 3.35. The lowest BCUT2D eigenvalue weighted by Crippen LogP contribution is -2.46. The van der Waals surface area contributed by atoms with Gasteiger partial charge in [0.05, 0.1) is 25.2 Å². The van der Waals surface area contributed by atoms with Gasteiger partial charge < -0.3 is 14.6 Å². The molecule has 0 amide bonds. The molecule has 6 nitrogen and oxygen atoms in total. The fourth-order valence-electron chi connectivity index (χ4n) is 4.94. The molecular formula is C20H27N3O3S. The molecule has 1 atom stereocenters. The van der Waals surface area contributed by atoms with Crippen LogP contribution in [0.25, 0.3) is 10.2 Å². The van der Waals surface area contributed by atoms with E-state index in [1.165, 1.54) is 23.3 Å². The fraction of sp³-hybridized carbons (Fsp3) is 0.700. The van der Waals surface area contributed by atoms with Crippen LogP contribution in [0.1, 0.15) is 48.5 Å². The maximum Gasteiger partial charge on any atom is 0.225 e. The van der Waals surface area contributed by atoms with E-state index in [-0.39, 0.29) is 18.6 Å². The lowest BCUT2D eigenvalue weighted by Gasteiger charge is -2.38. The average molecular weight is 390 g/mol. The van der Waals surface area contributed by atoms with Crippen LogP contribution in [0.4, 0.5) is 0 Å². The Kier molecular flexibility index (Phi) is 5.02. The van der Waals surface area contributed by atoms with Gasteiger partial charge in [-0.3, -0.25) is 4.90 Å². The Morgan fingerprint density at radius 3 is 2.74 bits per heavy atom. The first-order valence-electron chi connectivity index (χ1n) is 10.2. The number of aliphatic hydroxyl groups is 1. The van der Waals surface area contributed by atoms with E-state index in [2.05, 4.69) is 14.9 Å². The lowest BCUT2D eigenvalue weighted by molar-refractivity contribution is -0.00126. The predicted octanol–water partition coefficient (Wildman–Crippen LogP) is 2.74. The summed E-state index contributed by atoms with van der Waals surface area (Å²) < 4.78 is 11.9. The largest absolute Gasteiger partial charge is 0.474 e. The van der Waals surface area contributed by atoms with Crippen LogP contribution in [-0.2, 0) is 11.2 Å². The second-order valence-electron chi connectivity index (χ2n) is 7.91. The van der Waals surface area contributed by atoms with Crippen molar-refractivity contribution in [3.8, 4) is 5.88 Å². The molecule has 1 N–H and O–H groups in total. The van der Waals surface area contributed by atoms with Crippen LogP contribution in [0.15, 0.2) is 6.33 Å². The Hall–Kier alpha value is -1.28. The smallest absolute Gasteiger partial charge is 0.225 e. The number of aromatic nitrogens is 2. The highest BCUT2D eigenvalue weighted by molar-refractivity contribution is 7.19. The van der Waals surface area contributed by atoms with Gasteiger partial charge in [-0.25, -0.2) is 9.97 Å². The number of ether oxygens (including phenoxy) is 2. The zero-order valence-corrected chi connectivity index (χ0v) is 16.4. The van der Waals surface area contributed by atoms with Gasteiger partial charge in [-0.1, -0.05) is 0 Å². The molecular weight excluding hydrogens is 362 g/mol. The molecule has 2 aromatic rings. The van der Waals surface area contributed by atoms with Crippen molar-refractivity contribution in [2.45, 2.75) is 56.6 Å². The molecule has 7 heteroatoms. The van der Waals surface area contributed by atoms with Crippen molar-refractivity contribution in [2.75, 3.05) is 32.9 Å². The van der Waals surface area contributed by atoms with E-state index in [0.29, 0.717) is 6.04 Å². The topological polar surface area (TPSA) is 67.7 Å². The molecule has 146 valence electrons. The van der Waals surface area contributed by atoms with Gasteiger partial charge in [0.2, 0.25) is 5.88 Å². The molecule has 27 heavy (non-hydrogen) atoms. The molecule has 0 unspecified atom stereocenters. The lowest BCUT2D eigenvalue weighted by atomic mass is 9.91. The summed E-state index contributed by atoms with van der Waals surface area (Å²) >= 11 is 1.74. The van der Waals surface area contributed by atoms with E-state index in [0.717, 1.165) is 68.1 Å². The van der Waals surface area contributed by atoms with Crippen LogP contribution < -0.4 is 4.74 Å². The molecule has 3 heterocycles. The first-order valence-corrected chi connectivity index (χ1v) is 11.0. The average Bonchev–Trinajstić information content (AvgIpc) is 3.28. The van der Waals surface area contributed by atoms with Gasteiger partial charge in [-0.15, -0.1) is 11.3 Å². The molecule has 5 rings (SSSR count). The predicted molar refractivity (Wildman–Crippen MR) is 105 cm³/mol. The highest BCUT2D eigenvalue weighted by Crippen LogP contribution is 2.46. The summed E-state index contributed by atoms with van der Waals surface area (Å²) in [5, 5.41) is 10.8. The Labute approximate surface area is 163 Å². The molecule has 1 aliphatic heterocycles. The Morgan fingerprint density at radius 1 is 1.15 bits per heavy atom. The maximum atomic E-state index is 9.77. The standard InChI is InChI=1S/C20H27N3O3S/c24-11-13-1-6-16-17(13)18-19(21-12-22-20(18)27-16)26-15-4-2-14(3-5-15)23-7-9-25-10-8-23/h12-15,24H,1-11H2/t13-,14?,15?/m1/s1. The van der Waals surface area contributed by atoms with Gasteiger partial charge in [0.1, 0.15) is 17.3 Å². The molecule has 1 saturated heterocycles. The molecule has 2 aliphatic carbocycles. The summed E-state index contributed by atoms with van der Waals surface area (Å²) in [6.45, 7) is 4.05. The molecule has 2 fully saturated rings. The minimum absolute atomic E-state index is 0.192. The number of nitrogens with zero attached hydrogens (tertiary/aromatic N) is 3. The van der Waals surface area contributed by atoms with Crippen LogP contribution in [0.3, 0.4) is 0 Å². The first-order chi connectivity index (χ1) is 13.3. The molecule has 0 spiro atoms. The summed E-state index contributed by atoms with van der Waals surface area (Å²) in [4.78, 5) is 13.9. The van der Waals surface area contributed by atoms with Crippen LogP contribution in [0.2, 0.25) is 0 Å². The summed E-state index contributed by atoms with van der Waals surface area (Å²) in [5.41, 5.74) is 1.25. The van der Waals surface area contributed by atoms with Crippen LogP contribution in [-0.4, -0.2) is 65.0 Å². The molecule has 0 radical (unpaired) electrons. The first kappa shape index (κ1) is 17.8. The number of rotatable bonds is 4. The quantitative estimate of drug-likeness (QED) is 0.867. The maximum absolute atomic E-state index is 9.77. The monoisotopic (exact) mass is 389 g/mol. The van der Waals surface area contributed by atoms with Crippen LogP contribution in [0.5, 0.6) is 5.88 Å². The zero-order chi connectivity index (χ0) is 18.2. The van der Waals surface area contributed by atoms with Crippen molar-refractivity contribution in [3.05, 3.63) is 16.8 Å². The third-order valence-corrected chi connectivity index (χ3v) is 7.57. The summed E-state index contributed by atoms with van der Waals surface area (Å²) in [6.07, 6.45) is 8.41. The molecule has 3 aliphatic rings. The molecule has 0 bridgehead atoms. The number of aryl methyl sites for hydroxylation is 1. The summed E-state index contributed by atoms with van der Waals surface area (Å²) in [6, 6.07) is 0.670. The van der Waals surface area contributed by atoms with Gasteiger partial charge in [-0.05, 0) is 44.1 Å². The van der Waals surface area contributed by atoms with E-state index in [1.807, 2.05) is 0 Å². The minimum Gasteiger partial charge on any atom is -0.474 e. The van der Waals surface area contributed by atoms with Crippen LogP contribution >= 0.6 is 11.3 Å². The van der Waals surface area contributed by atoms with E-state index < -0.39 is 0 Å². The molecule has 0 aromatic carbocycles. The SMILES string of the molecule is OC[C@H]1CCc2sc3ncnc(OC4CCC(N5CCOCC5)CC4)c3c21. The second-order valence-corrected chi connectivity index (χ2v) is 9.00. The van der Waals surface area contributed by atoms with E-state index >= 15 is 0 Å². The highest BCUT2D eigenvalue weighted by atomic mass is 32.1. The summed E-state index contributed by atoms with van der Waals surface area (Å²) in [5.74, 6) is 0.937. The van der Waals surface area contributed by atoms with Crippen molar-refractivity contribution < 1.29 is 14.6 Å². The number of morpholine rings is 1. The van der Waals surface area contributed by atoms with Gasteiger partial charge in [0, 0.05) is 29.9 Å². The molecule has 2 aromatic heterocycles. The minimum atomic E-state index is 0.192. The Balaban J connectivity index is 1.31. The van der Waals surface area contributed by atoms with Crippen molar-refractivity contribution >= 4 is 21.6 Å². The zero-order valence-electron chi connectivity index (χ0n) is 15.6. The number of thiophene rings is 1. The van der Waals surface area contributed by atoms with Crippen molar-refractivity contribution in [2.24, 2.45) is 0 Å². The number of fused-ring (bicyclic) bond motifs is 3. The Morgan fingerprint density at radius 2 is 1.96 bits per heavy atom.